The Hall–Kier alpha value is -0.580. The molecule has 0 heterocycles. The van der Waals surface area contributed by atoms with Crippen molar-refractivity contribution >= 4 is 28.4 Å². The second kappa shape index (κ2) is 3.89. The van der Waals surface area contributed by atoms with Gasteiger partial charge >= 0.3 is 0 Å². The monoisotopic (exact) mass is 276 g/mol. The van der Waals surface area contributed by atoms with Crippen molar-refractivity contribution < 1.29 is 9.90 Å². The first-order valence-electron chi connectivity index (χ1n) is 3.67. The van der Waals surface area contributed by atoms with Crippen molar-refractivity contribution in [2.24, 2.45) is 0 Å². The van der Waals surface area contributed by atoms with Gasteiger partial charge in [0.15, 0.2) is 5.78 Å². The van der Waals surface area contributed by atoms with Crippen LogP contribution in [0.4, 0.5) is 0 Å². The number of carbonyl (C=O) groups is 1. The molecule has 1 aromatic carbocycles. The van der Waals surface area contributed by atoms with Crippen LogP contribution in [0.15, 0.2) is 18.2 Å². The number of phenolic OH excluding ortho intramolecular Hbond substituents is 1. The summed E-state index contributed by atoms with van der Waals surface area (Å²) < 4.78 is 0.960. The predicted octanol–water partition coefficient (Wildman–Crippen LogP) is 2.59. The van der Waals surface area contributed by atoms with Gasteiger partial charge in [0.05, 0.1) is 5.56 Å². The Labute approximate surface area is 84.7 Å². The maximum atomic E-state index is 11.2. The summed E-state index contributed by atoms with van der Waals surface area (Å²) in [6.45, 7) is 1.78. The van der Waals surface area contributed by atoms with Gasteiger partial charge in [-0.05, 0) is 40.8 Å². The second-order valence-electron chi connectivity index (χ2n) is 2.44. The molecule has 64 valence electrons. The smallest absolute Gasteiger partial charge is 0.166 e. The van der Waals surface area contributed by atoms with Crippen LogP contribution >= 0.6 is 22.6 Å². The van der Waals surface area contributed by atoms with Crippen molar-refractivity contribution in [2.75, 3.05) is 0 Å². The van der Waals surface area contributed by atoms with E-state index < -0.39 is 0 Å². The molecule has 0 saturated heterocycles. The van der Waals surface area contributed by atoms with Gasteiger partial charge in [-0.2, -0.15) is 0 Å². The maximum Gasteiger partial charge on any atom is 0.166 e. The molecule has 0 spiro atoms. The van der Waals surface area contributed by atoms with Crippen molar-refractivity contribution in [1.82, 2.24) is 0 Å². The number of carbonyl (C=O) groups excluding carboxylic acids is 1. The number of phenols is 1. The van der Waals surface area contributed by atoms with Crippen molar-refractivity contribution in [3.8, 4) is 5.75 Å². The van der Waals surface area contributed by atoms with E-state index >= 15 is 0 Å². The second-order valence-corrected chi connectivity index (χ2v) is 3.68. The molecule has 12 heavy (non-hydrogen) atoms. The van der Waals surface area contributed by atoms with Crippen LogP contribution in [-0.4, -0.2) is 10.9 Å². The minimum absolute atomic E-state index is 0.0222. The molecular formula is C9H9IO2. The maximum absolute atomic E-state index is 11.2. The highest BCUT2D eigenvalue weighted by Crippen LogP contribution is 2.20. The Balaban J connectivity index is 3.13. The molecule has 0 saturated carbocycles. The number of aromatic hydroxyl groups is 1. The average Bonchev–Trinajstić information content (AvgIpc) is 2.08. The third-order valence-electron chi connectivity index (χ3n) is 1.58. The van der Waals surface area contributed by atoms with Gasteiger partial charge in [0, 0.05) is 9.99 Å². The highest BCUT2D eigenvalue weighted by atomic mass is 127. The topological polar surface area (TPSA) is 37.3 Å². The van der Waals surface area contributed by atoms with Gasteiger partial charge in [-0.25, -0.2) is 0 Å². The van der Waals surface area contributed by atoms with Crippen molar-refractivity contribution in [2.45, 2.75) is 13.3 Å². The summed E-state index contributed by atoms with van der Waals surface area (Å²) >= 11 is 2.11. The lowest BCUT2D eigenvalue weighted by molar-refractivity contribution is 0.0985. The van der Waals surface area contributed by atoms with E-state index in [1.54, 1.807) is 25.1 Å². The summed E-state index contributed by atoms with van der Waals surface area (Å²) in [5.41, 5.74) is 0.421. The van der Waals surface area contributed by atoms with Gasteiger partial charge in [0.2, 0.25) is 0 Å². The summed E-state index contributed by atoms with van der Waals surface area (Å²) in [6.07, 6.45) is 0.424. The van der Waals surface area contributed by atoms with Gasteiger partial charge in [-0.15, -0.1) is 0 Å². The molecule has 0 fully saturated rings. The van der Waals surface area contributed by atoms with Crippen LogP contribution in [-0.2, 0) is 0 Å². The van der Waals surface area contributed by atoms with E-state index in [4.69, 9.17) is 0 Å². The van der Waals surface area contributed by atoms with Crippen LogP contribution < -0.4 is 0 Å². The Kier molecular flexibility index (Phi) is 3.08. The third-order valence-corrected chi connectivity index (χ3v) is 2.25. The third kappa shape index (κ3) is 1.97. The highest BCUT2D eigenvalue weighted by Gasteiger charge is 2.08. The zero-order valence-electron chi connectivity index (χ0n) is 6.67. The number of rotatable bonds is 2. The Morgan fingerprint density at radius 2 is 2.25 bits per heavy atom. The first-order valence-corrected chi connectivity index (χ1v) is 4.74. The first-order chi connectivity index (χ1) is 5.65. The van der Waals surface area contributed by atoms with E-state index in [0.29, 0.717) is 12.0 Å². The fourth-order valence-corrected chi connectivity index (χ4v) is 1.41. The molecule has 0 aliphatic carbocycles. The van der Waals surface area contributed by atoms with Crippen LogP contribution in [0.3, 0.4) is 0 Å². The quantitative estimate of drug-likeness (QED) is 0.666. The fraction of sp³-hybridized carbons (Fsp3) is 0.222. The lowest BCUT2D eigenvalue weighted by Crippen LogP contribution is -1.97. The molecule has 0 atom stereocenters. The summed E-state index contributed by atoms with van der Waals surface area (Å²) in [5.74, 6) is 0.0493. The highest BCUT2D eigenvalue weighted by molar-refractivity contribution is 14.1. The molecule has 0 bridgehead atoms. The summed E-state index contributed by atoms with van der Waals surface area (Å²) in [5, 5.41) is 9.31. The van der Waals surface area contributed by atoms with Crippen LogP contribution in [0, 0.1) is 3.57 Å². The standard InChI is InChI=1S/C9H9IO2/c1-2-8(11)7-5-6(10)3-4-9(7)12/h3-5,12H,2H2,1H3. The normalized spacial score (nSPS) is 9.83. The van der Waals surface area contributed by atoms with Crippen LogP contribution in [0.1, 0.15) is 23.7 Å². The number of halogens is 1. The minimum atomic E-state index is -0.0222. The molecule has 1 N–H and O–H groups in total. The molecule has 1 rings (SSSR count). The van der Waals surface area contributed by atoms with E-state index in [9.17, 15) is 9.90 Å². The van der Waals surface area contributed by atoms with Gasteiger partial charge in [0.25, 0.3) is 0 Å². The lowest BCUT2D eigenvalue weighted by Gasteiger charge is -2.01. The molecule has 1 aromatic rings. The minimum Gasteiger partial charge on any atom is -0.507 e. The zero-order chi connectivity index (χ0) is 9.14. The number of ketones is 1. The van der Waals surface area contributed by atoms with E-state index in [0.717, 1.165) is 3.57 Å². The SMILES string of the molecule is CCC(=O)c1cc(I)ccc1O. The van der Waals surface area contributed by atoms with Gasteiger partial charge < -0.3 is 5.11 Å². The van der Waals surface area contributed by atoms with Gasteiger partial charge in [-0.1, -0.05) is 6.92 Å². The summed E-state index contributed by atoms with van der Waals surface area (Å²) in [7, 11) is 0. The van der Waals surface area contributed by atoms with Gasteiger partial charge in [-0.3, -0.25) is 4.79 Å². The Bertz CT molecular complexity index is 307. The van der Waals surface area contributed by atoms with E-state index in [1.807, 2.05) is 0 Å². The molecule has 0 radical (unpaired) electrons. The first kappa shape index (κ1) is 9.51. The van der Waals surface area contributed by atoms with Crippen LogP contribution in [0.2, 0.25) is 0 Å². The Morgan fingerprint density at radius 1 is 1.58 bits per heavy atom. The van der Waals surface area contributed by atoms with E-state index in [-0.39, 0.29) is 11.5 Å². The molecule has 0 aromatic heterocycles. The predicted molar refractivity (Wildman–Crippen MR) is 55.4 cm³/mol. The molecule has 0 aliphatic heterocycles. The molecular weight excluding hydrogens is 267 g/mol. The zero-order valence-corrected chi connectivity index (χ0v) is 8.83. The summed E-state index contributed by atoms with van der Waals surface area (Å²) in [6, 6.07) is 5.01. The van der Waals surface area contributed by atoms with Crippen molar-refractivity contribution in [1.29, 1.82) is 0 Å². The number of benzene rings is 1. The largest absolute Gasteiger partial charge is 0.507 e. The number of hydrogen-bond donors (Lipinski definition) is 1. The molecule has 3 heteroatoms. The lowest BCUT2D eigenvalue weighted by atomic mass is 10.1. The molecule has 0 aliphatic rings. The van der Waals surface area contributed by atoms with E-state index in [2.05, 4.69) is 22.6 Å². The molecule has 0 unspecified atom stereocenters. The number of Topliss-reactive ketones (excluding diaryl/α,β-unsaturated/α-hetero) is 1. The Morgan fingerprint density at radius 3 is 2.83 bits per heavy atom. The van der Waals surface area contributed by atoms with Crippen molar-refractivity contribution in [3.05, 3.63) is 27.3 Å². The van der Waals surface area contributed by atoms with Crippen LogP contribution in [0.25, 0.3) is 0 Å². The molecule has 0 amide bonds. The summed E-state index contributed by atoms with van der Waals surface area (Å²) in [4.78, 5) is 11.2. The van der Waals surface area contributed by atoms with Crippen LogP contribution in [0.5, 0.6) is 5.75 Å². The molecule has 2 nitrogen and oxygen atoms in total. The van der Waals surface area contributed by atoms with E-state index in [1.165, 1.54) is 0 Å². The van der Waals surface area contributed by atoms with Gasteiger partial charge in [0.1, 0.15) is 5.75 Å². The number of hydrogen-bond acceptors (Lipinski definition) is 2. The fourth-order valence-electron chi connectivity index (χ4n) is 0.922. The average molecular weight is 276 g/mol. The van der Waals surface area contributed by atoms with Crippen molar-refractivity contribution in [3.63, 3.8) is 0 Å².